The van der Waals surface area contributed by atoms with E-state index in [0.29, 0.717) is 31.9 Å². The maximum atomic E-state index is 11.8. The van der Waals surface area contributed by atoms with Crippen LogP contribution >= 0.6 is 0 Å². The number of nitrogens with one attached hydrogen (secondary N) is 2. The van der Waals surface area contributed by atoms with Crippen molar-refractivity contribution in [2.75, 3.05) is 20.3 Å². The van der Waals surface area contributed by atoms with Crippen molar-refractivity contribution in [1.29, 1.82) is 0 Å². The fraction of sp³-hybridized carbons (Fsp3) is 0.867. The Balaban J connectivity index is 2.24. The number of carboxylic acids is 1. The van der Waals surface area contributed by atoms with Crippen LogP contribution in [0.5, 0.6) is 0 Å². The molecule has 0 saturated heterocycles. The van der Waals surface area contributed by atoms with E-state index in [4.69, 9.17) is 9.84 Å². The van der Waals surface area contributed by atoms with Crippen molar-refractivity contribution < 1.29 is 19.4 Å². The molecule has 1 aliphatic rings. The van der Waals surface area contributed by atoms with E-state index in [1.165, 1.54) is 12.8 Å². The van der Waals surface area contributed by atoms with Gasteiger partial charge in [0.15, 0.2) is 0 Å². The van der Waals surface area contributed by atoms with E-state index in [1.54, 1.807) is 7.11 Å². The van der Waals surface area contributed by atoms with Crippen LogP contribution in [0.25, 0.3) is 0 Å². The number of aliphatic carboxylic acids is 1. The average Bonchev–Trinajstić information content (AvgIpc) is 2.45. The summed E-state index contributed by atoms with van der Waals surface area (Å²) in [5.74, 6) is 0.295. The summed E-state index contributed by atoms with van der Waals surface area (Å²) in [6, 6.07) is -1.25. The van der Waals surface area contributed by atoms with Crippen molar-refractivity contribution in [3.05, 3.63) is 0 Å². The van der Waals surface area contributed by atoms with Gasteiger partial charge in [0.05, 0.1) is 0 Å². The summed E-state index contributed by atoms with van der Waals surface area (Å²) in [7, 11) is 1.57. The van der Waals surface area contributed by atoms with E-state index in [-0.39, 0.29) is 0 Å². The number of amides is 2. The van der Waals surface area contributed by atoms with Gasteiger partial charge in [-0.2, -0.15) is 0 Å². The molecule has 6 heteroatoms. The van der Waals surface area contributed by atoms with E-state index < -0.39 is 18.0 Å². The first kappa shape index (κ1) is 17.8. The van der Waals surface area contributed by atoms with Crippen molar-refractivity contribution in [2.24, 2.45) is 11.8 Å². The van der Waals surface area contributed by atoms with Crippen LogP contribution in [0.2, 0.25) is 0 Å². The number of carbonyl (C=O) groups is 2. The summed E-state index contributed by atoms with van der Waals surface area (Å²) in [4.78, 5) is 22.9. The molecule has 0 heterocycles. The molecule has 2 amide bonds. The second kappa shape index (κ2) is 9.60. The highest BCUT2D eigenvalue weighted by Gasteiger charge is 2.21. The molecule has 0 aliphatic heterocycles. The molecule has 1 saturated carbocycles. The van der Waals surface area contributed by atoms with E-state index >= 15 is 0 Å². The van der Waals surface area contributed by atoms with Crippen LogP contribution in [0.15, 0.2) is 0 Å². The third-order valence-electron chi connectivity index (χ3n) is 4.13. The monoisotopic (exact) mass is 300 g/mol. The zero-order valence-electron chi connectivity index (χ0n) is 13.1. The van der Waals surface area contributed by atoms with Crippen LogP contribution in [0.4, 0.5) is 4.79 Å². The molecular formula is C15H28N2O4. The number of methoxy groups -OCH3 is 1. The largest absolute Gasteiger partial charge is 0.480 e. The average molecular weight is 300 g/mol. The Morgan fingerprint density at radius 2 is 1.95 bits per heavy atom. The number of ether oxygens (including phenoxy) is 1. The highest BCUT2D eigenvalue weighted by Crippen LogP contribution is 2.27. The fourth-order valence-corrected chi connectivity index (χ4v) is 2.67. The minimum absolute atomic E-state index is 0.373. The molecule has 21 heavy (non-hydrogen) atoms. The normalized spacial score (nSPS) is 23.3. The lowest BCUT2D eigenvalue weighted by Crippen LogP contribution is -2.47. The zero-order chi connectivity index (χ0) is 15.7. The standard InChI is InChI=1S/C15H28N2O4/c1-11-5-7-12(8-6-11)10-16-15(20)17-13(14(18)19)4-3-9-21-2/h11-13H,3-10H2,1-2H3,(H,18,19)(H2,16,17,20). The van der Waals surface area contributed by atoms with Gasteiger partial charge in [-0.1, -0.05) is 19.8 Å². The second-order valence-corrected chi connectivity index (χ2v) is 6.01. The first-order valence-electron chi connectivity index (χ1n) is 7.79. The minimum atomic E-state index is -1.01. The van der Waals surface area contributed by atoms with Crippen LogP contribution in [0.3, 0.4) is 0 Å². The van der Waals surface area contributed by atoms with Gasteiger partial charge >= 0.3 is 12.0 Å². The third kappa shape index (κ3) is 7.32. The van der Waals surface area contributed by atoms with Gasteiger partial charge < -0.3 is 20.5 Å². The lowest BCUT2D eigenvalue weighted by molar-refractivity contribution is -0.139. The molecule has 0 bridgehead atoms. The lowest BCUT2D eigenvalue weighted by Gasteiger charge is -2.26. The van der Waals surface area contributed by atoms with Crippen LogP contribution in [-0.2, 0) is 9.53 Å². The van der Waals surface area contributed by atoms with Crippen molar-refractivity contribution in [1.82, 2.24) is 10.6 Å². The van der Waals surface area contributed by atoms with E-state index in [2.05, 4.69) is 17.6 Å². The first-order valence-corrected chi connectivity index (χ1v) is 7.79. The minimum Gasteiger partial charge on any atom is -0.480 e. The van der Waals surface area contributed by atoms with Gasteiger partial charge in [-0.15, -0.1) is 0 Å². The Bertz CT molecular complexity index is 328. The molecule has 1 fully saturated rings. The van der Waals surface area contributed by atoms with Crippen LogP contribution in [0, 0.1) is 11.8 Å². The molecule has 1 aliphatic carbocycles. The molecule has 0 aromatic rings. The van der Waals surface area contributed by atoms with Gasteiger partial charge in [0.1, 0.15) is 6.04 Å². The Labute approximate surface area is 126 Å². The topological polar surface area (TPSA) is 87.7 Å². The lowest BCUT2D eigenvalue weighted by atomic mass is 9.83. The van der Waals surface area contributed by atoms with Gasteiger partial charge in [0.2, 0.25) is 0 Å². The molecule has 0 aromatic carbocycles. The van der Waals surface area contributed by atoms with Crippen molar-refractivity contribution >= 4 is 12.0 Å². The van der Waals surface area contributed by atoms with Crippen LogP contribution in [0.1, 0.15) is 45.4 Å². The molecular weight excluding hydrogens is 272 g/mol. The summed E-state index contributed by atoms with van der Waals surface area (Å²) < 4.78 is 4.89. The molecule has 122 valence electrons. The Kier molecular flexibility index (Phi) is 8.12. The summed E-state index contributed by atoms with van der Waals surface area (Å²) in [6.07, 6.45) is 5.67. The molecule has 1 atom stereocenters. The first-order chi connectivity index (χ1) is 10.0. The molecule has 0 radical (unpaired) electrons. The Morgan fingerprint density at radius 3 is 2.52 bits per heavy atom. The van der Waals surface area contributed by atoms with Gasteiger partial charge in [-0.05, 0) is 37.5 Å². The highest BCUT2D eigenvalue weighted by molar-refractivity contribution is 5.82. The summed E-state index contributed by atoms with van der Waals surface area (Å²) in [6.45, 7) is 3.38. The van der Waals surface area contributed by atoms with Gasteiger partial charge in [-0.3, -0.25) is 0 Å². The maximum absolute atomic E-state index is 11.8. The maximum Gasteiger partial charge on any atom is 0.326 e. The molecule has 1 unspecified atom stereocenters. The number of carboxylic acid groups (broad SMARTS) is 1. The fourth-order valence-electron chi connectivity index (χ4n) is 2.67. The second-order valence-electron chi connectivity index (χ2n) is 6.01. The van der Waals surface area contributed by atoms with E-state index in [1.807, 2.05) is 0 Å². The number of hydrogen-bond acceptors (Lipinski definition) is 3. The number of rotatable bonds is 8. The van der Waals surface area contributed by atoms with Crippen molar-refractivity contribution in [2.45, 2.75) is 51.5 Å². The molecule has 3 N–H and O–H groups in total. The summed E-state index contributed by atoms with van der Waals surface area (Å²) in [5, 5.41) is 14.4. The number of hydrogen-bond donors (Lipinski definition) is 3. The SMILES string of the molecule is COCCCC(NC(=O)NCC1CCC(C)CC1)C(=O)O. The molecule has 1 rings (SSSR count). The predicted octanol–water partition coefficient (Wildman–Crippen LogP) is 1.99. The smallest absolute Gasteiger partial charge is 0.326 e. The zero-order valence-corrected chi connectivity index (χ0v) is 13.1. The van der Waals surface area contributed by atoms with Gasteiger partial charge in [0, 0.05) is 20.3 Å². The van der Waals surface area contributed by atoms with Crippen LogP contribution in [-0.4, -0.2) is 43.4 Å². The summed E-state index contributed by atoms with van der Waals surface area (Å²) in [5.41, 5.74) is 0. The highest BCUT2D eigenvalue weighted by atomic mass is 16.5. The molecule has 0 aromatic heterocycles. The van der Waals surface area contributed by atoms with Crippen molar-refractivity contribution in [3.63, 3.8) is 0 Å². The predicted molar refractivity (Wildman–Crippen MR) is 80.2 cm³/mol. The van der Waals surface area contributed by atoms with E-state index in [0.717, 1.165) is 18.8 Å². The van der Waals surface area contributed by atoms with Gasteiger partial charge in [-0.25, -0.2) is 9.59 Å². The number of carbonyl (C=O) groups excluding carboxylic acids is 1. The van der Waals surface area contributed by atoms with E-state index in [9.17, 15) is 9.59 Å². The Hall–Kier alpha value is -1.30. The molecule has 0 spiro atoms. The van der Waals surface area contributed by atoms with Crippen molar-refractivity contribution in [3.8, 4) is 0 Å². The third-order valence-corrected chi connectivity index (χ3v) is 4.13. The van der Waals surface area contributed by atoms with Gasteiger partial charge in [0.25, 0.3) is 0 Å². The number of urea groups is 1. The quantitative estimate of drug-likeness (QED) is 0.598. The Morgan fingerprint density at radius 1 is 1.29 bits per heavy atom. The summed E-state index contributed by atoms with van der Waals surface area (Å²) >= 11 is 0. The van der Waals surface area contributed by atoms with Crippen LogP contribution < -0.4 is 10.6 Å². The molecule has 6 nitrogen and oxygen atoms in total.